The van der Waals surface area contributed by atoms with E-state index in [0.29, 0.717) is 5.56 Å². The predicted octanol–water partition coefficient (Wildman–Crippen LogP) is 3.59. The Kier molecular flexibility index (Phi) is 3.64. The summed E-state index contributed by atoms with van der Waals surface area (Å²) < 4.78 is 12.1. The molecule has 0 saturated carbocycles. The summed E-state index contributed by atoms with van der Waals surface area (Å²) in [5, 5.41) is 11.5. The van der Waals surface area contributed by atoms with Crippen LogP contribution in [0.3, 0.4) is 0 Å². The summed E-state index contributed by atoms with van der Waals surface area (Å²) in [6.07, 6.45) is 0. The van der Waals surface area contributed by atoms with E-state index in [2.05, 4.69) is 6.07 Å². The first-order valence-corrected chi connectivity index (χ1v) is 8.15. The molecule has 2 aromatic rings. The van der Waals surface area contributed by atoms with Crippen LogP contribution in [-0.4, -0.2) is 18.3 Å². The number of nitriles is 1. The third-order valence-electron chi connectivity index (χ3n) is 4.48. The molecule has 1 aromatic carbocycles. The summed E-state index contributed by atoms with van der Waals surface area (Å²) in [5.74, 6) is 0. The highest BCUT2D eigenvalue weighted by Crippen LogP contribution is 2.37. The van der Waals surface area contributed by atoms with E-state index in [9.17, 15) is 5.26 Å². The fourth-order valence-corrected chi connectivity index (χ4v) is 3.19. The second-order valence-corrected chi connectivity index (χ2v) is 7.43. The zero-order valence-corrected chi connectivity index (χ0v) is 14.0. The average molecular weight is 311 g/mol. The van der Waals surface area contributed by atoms with Gasteiger partial charge in [-0.2, -0.15) is 5.26 Å². The Labute approximate surface area is 135 Å². The van der Waals surface area contributed by atoms with E-state index >= 15 is 0 Å². The summed E-state index contributed by atoms with van der Waals surface area (Å²) in [5.41, 5.74) is 1.73. The standard InChI is InChI=1S/C17H18BNO2S/c1-16(2)17(3,4)21-18(20-16)13-7-8-14(12(10-13)11-19)15-6-5-9-22-15/h5-10H,1-4H3. The molecule has 3 rings (SSSR count). The molecule has 2 heterocycles. The van der Waals surface area contributed by atoms with Crippen molar-refractivity contribution in [2.45, 2.75) is 38.9 Å². The third-order valence-corrected chi connectivity index (χ3v) is 5.38. The van der Waals surface area contributed by atoms with Crippen molar-refractivity contribution in [3.63, 3.8) is 0 Å². The number of rotatable bonds is 2. The van der Waals surface area contributed by atoms with Crippen LogP contribution in [-0.2, 0) is 9.31 Å². The van der Waals surface area contributed by atoms with Gasteiger partial charge in [0.05, 0.1) is 22.8 Å². The smallest absolute Gasteiger partial charge is 0.399 e. The quantitative estimate of drug-likeness (QED) is 0.796. The number of thiophene rings is 1. The van der Waals surface area contributed by atoms with Gasteiger partial charge in [-0.05, 0) is 50.7 Å². The fraction of sp³-hybridized carbons (Fsp3) is 0.353. The molecule has 1 aromatic heterocycles. The van der Waals surface area contributed by atoms with Crippen LogP contribution >= 0.6 is 11.3 Å². The molecule has 0 radical (unpaired) electrons. The van der Waals surface area contributed by atoms with Crippen molar-refractivity contribution in [3.05, 3.63) is 41.3 Å². The van der Waals surface area contributed by atoms with Crippen LogP contribution in [0, 0.1) is 11.3 Å². The van der Waals surface area contributed by atoms with Crippen LogP contribution in [0.15, 0.2) is 35.7 Å². The Hall–Kier alpha value is -1.61. The van der Waals surface area contributed by atoms with Crippen molar-refractivity contribution in [1.82, 2.24) is 0 Å². The summed E-state index contributed by atoms with van der Waals surface area (Å²) in [6, 6.07) is 12.1. The van der Waals surface area contributed by atoms with E-state index in [4.69, 9.17) is 9.31 Å². The first kappa shape index (κ1) is 15.3. The van der Waals surface area contributed by atoms with Crippen LogP contribution in [0.2, 0.25) is 0 Å². The molecule has 0 spiro atoms. The lowest BCUT2D eigenvalue weighted by atomic mass is 9.77. The van der Waals surface area contributed by atoms with Crippen molar-refractivity contribution >= 4 is 23.9 Å². The lowest BCUT2D eigenvalue weighted by Crippen LogP contribution is -2.41. The lowest BCUT2D eigenvalue weighted by molar-refractivity contribution is 0.00578. The van der Waals surface area contributed by atoms with Crippen LogP contribution in [0.25, 0.3) is 10.4 Å². The van der Waals surface area contributed by atoms with Crippen LogP contribution < -0.4 is 5.46 Å². The summed E-state index contributed by atoms with van der Waals surface area (Å²) >= 11 is 1.63. The van der Waals surface area contributed by atoms with Crippen LogP contribution in [0.1, 0.15) is 33.3 Å². The molecule has 22 heavy (non-hydrogen) atoms. The number of hydrogen-bond donors (Lipinski definition) is 0. The van der Waals surface area contributed by atoms with Gasteiger partial charge in [-0.3, -0.25) is 0 Å². The van der Waals surface area contributed by atoms with E-state index in [1.165, 1.54) is 0 Å². The number of nitrogens with zero attached hydrogens (tertiary/aromatic N) is 1. The molecule has 0 aliphatic carbocycles. The monoisotopic (exact) mass is 311 g/mol. The zero-order valence-electron chi connectivity index (χ0n) is 13.2. The molecule has 112 valence electrons. The molecular formula is C17H18BNO2S. The largest absolute Gasteiger partial charge is 0.494 e. The van der Waals surface area contributed by atoms with E-state index < -0.39 is 7.12 Å². The van der Waals surface area contributed by atoms with Gasteiger partial charge in [-0.25, -0.2) is 0 Å². The first-order chi connectivity index (χ1) is 10.3. The van der Waals surface area contributed by atoms with E-state index in [1.54, 1.807) is 11.3 Å². The molecular weight excluding hydrogens is 293 g/mol. The second kappa shape index (κ2) is 5.24. The summed E-state index contributed by atoms with van der Waals surface area (Å²) in [7, 11) is -0.436. The molecule has 0 amide bonds. The van der Waals surface area contributed by atoms with Crippen molar-refractivity contribution in [3.8, 4) is 16.5 Å². The SMILES string of the molecule is CC1(C)OB(c2ccc(-c3cccs3)c(C#N)c2)OC1(C)C. The average Bonchev–Trinajstić information content (AvgIpc) is 3.05. The molecule has 3 nitrogen and oxygen atoms in total. The molecule has 0 bridgehead atoms. The van der Waals surface area contributed by atoms with Crippen LogP contribution in [0.4, 0.5) is 0 Å². The number of hydrogen-bond acceptors (Lipinski definition) is 4. The van der Waals surface area contributed by atoms with Gasteiger partial charge >= 0.3 is 7.12 Å². The Morgan fingerprint density at radius 2 is 1.77 bits per heavy atom. The highest BCUT2D eigenvalue weighted by molar-refractivity contribution is 7.13. The molecule has 0 atom stereocenters. The van der Waals surface area contributed by atoms with Crippen molar-refractivity contribution in [2.24, 2.45) is 0 Å². The number of benzene rings is 1. The summed E-state index contributed by atoms with van der Waals surface area (Å²) in [6.45, 7) is 8.10. The summed E-state index contributed by atoms with van der Waals surface area (Å²) in [4.78, 5) is 1.09. The molecule has 5 heteroatoms. The Morgan fingerprint density at radius 3 is 2.32 bits per heavy atom. The van der Waals surface area contributed by atoms with Gasteiger partial charge < -0.3 is 9.31 Å². The lowest BCUT2D eigenvalue weighted by Gasteiger charge is -2.32. The maximum Gasteiger partial charge on any atom is 0.494 e. The molecule has 0 N–H and O–H groups in total. The van der Waals surface area contributed by atoms with Gasteiger partial charge in [-0.15, -0.1) is 11.3 Å². The van der Waals surface area contributed by atoms with E-state index in [1.807, 2.05) is 63.4 Å². The van der Waals surface area contributed by atoms with Gasteiger partial charge in [0.1, 0.15) is 0 Å². The minimum atomic E-state index is -0.436. The predicted molar refractivity (Wildman–Crippen MR) is 90.2 cm³/mol. The Morgan fingerprint density at radius 1 is 1.09 bits per heavy atom. The molecule has 1 aliphatic rings. The maximum atomic E-state index is 9.46. The molecule has 1 saturated heterocycles. The highest BCUT2D eigenvalue weighted by Gasteiger charge is 2.51. The van der Waals surface area contributed by atoms with Gasteiger partial charge in [0.15, 0.2) is 0 Å². The topological polar surface area (TPSA) is 42.2 Å². The minimum Gasteiger partial charge on any atom is -0.399 e. The normalized spacial score (nSPS) is 19.1. The van der Waals surface area contributed by atoms with Gasteiger partial charge in [0.25, 0.3) is 0 Å². The zero-order chi connectivity index (χ0) is 16.0. The molecule has 0 unspecified atom stereocenters. The van der Waals surface area contributed by atoms with E-state index in [-0.39, 0.29) is 11.2 Å². The maximum absolute atomic E-state index is 9.46. The molecule has 1 fully saturated rings. The van der Waals surface area contributed by atoms with Crippen LogP contribution in [0.5, 0.6) is 0 Å². The van der Waals surface area contributed by atoms with Gasteiger partial charge in [-0.1, -0.05) is 18.2 Å². The van der Waals surface area contributed by atoms with E-state index in [0.717, 1.165) is 15.9 Å². The molecule has 1 aliphatic heterocycles. The fourth-order valence-electron chi connectivity index (χ4n) is 2.43. The van der Waals surface area contributed by atoms with Gasteiger partial charge in [0, 0.05) is 10.4 Å². The van der Waals surface area contributed by atoms with Crippen molar-refractivity contribution < 1.29 is 9.31 Å². The van der Waals surface area contributed by atoms with Crippen molar-refractivity contribution in [2.75, 3.05) is 0 Å². The third kappa shape index (κ3) is 2.48. The Bertz CT molecular complexity index is 716. The minimum absolute atomic E-state index is 0.378. The second-order valence-electron chi connectivity index (χ2n) is 6.48. The highest BCUT2D eigenvalue weighted by atomic mass is 32.1. The first-order valence-electron chi connectivity index (χ1n) is 7.28. The van der Waals surface area contributed by atoms with Crippen molar-refractivity contribution in [1.29, 1.82) is 5.26 Å². The Balaban J connectivity index is 1.96. The van der Waals surface area contributed by atoms with Gasteiger partial charge in [0.2, 0.25) is 0 Å².